The Morgan fingerprint density at radius 1 is 1.09 bits per heavy atom. The van der Waals surface area contributed by atoms with Crippen molar-refractivity contribution in [3.63, 3.8) is 0 Å². The van der Waals surface area contributed by atoms with Gasteiger partial charge in [-0.05, 0) is 61.1 Å². The molecule has 0 radical (unpaired) electrons. The molecule has 0 spiro atoms. The fraction of sp³-hybridized carbons (Fsp3) is 0.0417. The van der Waals surface area contributed by atoms with Gasteiger partial charge in [-0.25, -0.2) is 4.98 Å². The minimum Gasteiger partial charge on any atom is -0.507 e. The number of hydrogen-bond acceptors (Lipinski definition) is 6. The van der Waals surface area contributed by atoms with Crippen molar-refractivity contribution >= 4 is 61.4 Å². The number of aromatic hydroxyl groups is 1. The Morgan fingerprint density at radius 2 is 1.88 bits per heavy atom. The molecule has 0 aliphatic heterocycles. The molecule has 3 aromatic carbocycles. The minimum atomic E-state index is -0.444. The van der Waals surface area contributed by atoms with Crippen molar-refractivity contribution in [3.05, 3.63) is 78.1 Å². The number of para-hydroxylation sites is 2. The highest BCUT2D eigenvalue weighted by atomic mass is 32.1. The van der Waals surface area contributed by atoms with Crippen molar-refractivity contribution in [2.24, 2.45) is 0 Å². The zero-order valence-corrected chi connectivity index (χ0v) is 18.5. The van der Waals surface area contributed by atoms with Gasteiger partial charge in [-0.3, -0.25) is 10.1 Å². The Kier molecular flexibility index (Phi) is 5.08. The lowest BCUT2D eigenvalue weighted by Gasteiger charge is -2.12. The smallest absolute Gasteiger partial charge is 0.293 e. The van der Waals surface area contributed by atoms with E-state index < -0.39 is 5.91 Å². The fourth-order valence-electron chi connectivity index (χ4n) is 3.42. The lowest BCUT2D eigenvalue weighted by Crippen LogP contribution is -2.33. The maximum Gasteiger partial charge on any atom is 0.293 e. The van der Waals surface area contributed by atoms with Gasteiger partial charge in [0, 0.05) is 11.1 Å². The molecule has 0 unspecified atom stereocenters. The number of rotatable bonds is 3. The molecule has 1 amide bonds. The average molecular weight is 460 g/mol. The molecule has 0 aliphatic rings. The number of fused-ring (bicyclic) bond motifs is 2. The fourth-order valence-corrected chi connectivity index (χ4v) is 4.62. The largest absolute Gasteiger partial charge is 0.507 e. The Hall–Kier alpha value is -3.75. The van der Waals surface area contributed by atoms with Crippen LogP contribution in [0.1, 0.15) is 16.1 Å². The number of amides is 1. The molecule has 0 atom stereocenters. The number of phenolic OH excluding ortho intramolecular Hbond substituents is 1. The minimum absolute atomic E-state index is 0.121. The number of aryl methyl sites for hydroxylation is 1. The highest BCUT2D eigenvalue weighted by molar-refractivity contribution is 7.80. The van der Waals surface area contributed by atoms with Crippen molar-refractivity contribution in [3.8, 4) is 16.3 Å². The third-order valence-electron chi connectivity index (χ3n) is 4.96. The number of benzene rings is 3. The lowest BCUT2D eigenvalue weighted by atomic mass is 10.1. The van der Waals surface area contributed by atoms with Crippen molar-refractivity contribution in [2.75, 3.05) is 5.32 Å². The highest BCUT2D eigenvalue weighted by Crippen LogP contribution is 2.38. The van der Waals surface area contributed by atoms with E-state index in [-0.39, 0.29) is 16.6 Å². The first-order chi connectivity index (χ1) is 15.5. The van der Waals surface area contributed by atoms with Gasteiger partial charge >= 0.3 is 0 Å². The van der Waals surface area contributed by atoms with E-state index in [1.54, 1.807) is 31.2 Å². The summed E-state index contributed by atoms with van der Waals surface area (Å²) in [4.78, 5) is 17.2. The van der Waals surface area contributed by atoms with E-state index >= 15 is 0 Å². The molecule has 0 bridgehead atoms. The van der Waals surface area contributed by atoms with Crippen LogP contribution in [0.25, 0.3) is 31.8 Å². The number of thiocarbonyl (C=S) groups is 1. The average Bonchev–Trinajstić information content (AvgIpc) is 3.40. The summed E-state index contributed by atoms with van der Waals surface area (Å²) in [6, 6.07) is 20.4. The van der Waals surface area contributed by atoms with Crippen LogP contribution >= 0.6 is 23.6 Å². The Morgan fingerprint density at radius 3 is 2.69 bits per heavy atom. The number of nitrogens with zero attached hydrogens (tertiary/aromatic N) is 1. The molecule has 0 saturated heterocycles. The van der Waals surface area contributed by atoms with Gasteiger partial charge in [-0.2, -0.15) is 0 Å². The molecule has 158 valence electrons. The third kappa shape index (κ3) is 3.81. The lowest BCUT2D eigenvalue weighted by molar-refractivity contribution is 0.0953. The van der Waals surface area contributed by atoms with Gasteiger partial charge in [0.15, 0.2) is 10.9 Å². The van der Waals surface area contributed by atoms with Gasteiger partial charge in [0.1, 0.15) is 16.3 Å². The summed E-state index contributed by atoms with van der Waals surface area (Å²) in [6.45, 7) is 1.80. The number of carbonyl (C=O) groups is 1. The highest BCUT2D eigenvalue weighted by Gasteiger charge is 2.16. The van der Waals surface area contributed by atoms with Crippen molar-refractivity contribution in [2.45, 2.75) is 6.92 Å². The van der Waals surface area contributed by atoms with Gasteiger partial charge in [0.25, 0.3) is 5.91 Å². The second kappa shape index (κ2) is 8.07. The van der Waals surface area contributed by atoms with Crippen LogP contribution in [0.2, 0.25) is 0 Å². The third-order valence-corrected chi connectivity index (χ3v) is 6.23. The zero-order chi connectivity index (χ0) is 22.2. The Bertz CT molecular complexity index is 1440. The van der Waals surface area contributed by atoms with Gasteiger partial charge in [0.2, 0.25) is 0 Å². The number of hydrogen-bond donors (Lipinski definition) is 3. The predicted octanol–water partition coefficient (Wildman–Crippen LogP) is 5.85. The molecule has 6 nitrogen and oxygen atoms in total. The van der Waals surface area contributed by atoms with E-state index in [9.17, 15) is 9.90 Å². The SMILES string of the molecule is Cc1cc(NC(=S)NC(=O)c2cc3ccccc3o2)cc(-c2nc3ccccc3s2)c1O. The van der Waals surface area contributed by atoms with E-state index in [0.29, 0.717) is 27.4 Å². The maximum atomic E-state index is 12.5. The number of thiazole rings is 1. The Balaban J connectivity index is 1.37. The summed E-state index contributed by atoms with van der Waals surface area (Å²) in [5, 5.41) is 17.9. The number of anilines is 1. The van der Waals surface area contributed by atoms with Gasteiger partial charge in [-0.1, -0.05) is 30.3 Å². The van der Waals surface area contributed by atoms with E-state index in [0.717, 1.165) is 15.6 Å². The van der Waals surface area contributed by atoms with Crippen LogP contribution in [0.3, 0.4) is 0 Å². The number of furan rings is 1. The van der Waals surface area contributed by atoms with Crippen molar-refractivity contribution < 1.29 is 14.3 Å². The van der Waals surface area contributed by atoms with E-state index in [2.05, 4.69) is 15.6 Å². The first-order valence-electron chi connectivity index (χ1n) is 9.78. The van der Waals surface area contributed by atoms with Gasteiger partial charge in [-0.15, -0.1) is 11.3 Å². The molecule has 2 heterocycles. The van der Waals surface area contributed by atoms with E-state index in [1.165, 1.54) is 11.3 Å². The molecular weight excluding hydrogens is 442 g/mol. The first-order valence-corrected chi connectivity index (χ1v) is 11.0. The summed E-state index contributed by atoms with van der Waals surface area (Å²) >= 11 is 6.82. The topological polar surface area (TPSA) is 87.4 Å². The maximum absolute atomic E-state index is 12.5. The van der Waals surface area contributed by atoms with Crippen LogP contribution in [0.5, 0.6) is 5.75 Å². The monoisotopic (exact) mass is 459 g/mol. The van der Waals surface area contributed by atoms with Gasteiger partial charge < -0.3 is 14.8 Å². The summed E-state index contributed by atoms with van der Waals surface area (Å²) < 4.78 is 6.62. The number of phenols is 1. The summed E-state index contributed by atoms with van der Waals surface area (Å²) in [5.41, 5.74) is 3.39. The van der Waals surface area contributed by atoms with Gasteiger partial charge in [0.05, 0.1) is 15.8 Å². The molecule has 0 aliphatic carbocycles. The number of nitrogens with one attached hydrogen (secondary N) is 2. The predicted molar refractivity (Wildman–Crippen MR) is 131 cm³/mol. The Labute approximate surface area is 192 Å². The standard InChI is InChI=1S/C24H17N3O3S2/c1-13-10-15(12-16(21(13)28)23-26-17-7-3-5-9-20(17)32-23)25-24(31)27-22(29)19-11-14-6-2-4-8-18(14)30-19/h2-12,28H,1H3,(H2,25,27,29,31). The molecule has 2 aromatic heterocycles. The molecule has 3 N–H and O–H groups in total. The quantitative estimate of drug-likeness (QED) is 0.232. The molecule has 0 fully saturated rings. The number of aromatic nitrogens is 1. The van der Waals surface area contributed by atoms with Crippen molar-refractivity contribution in [1.29, 1.82) is 0 Å². The summed E-state index contributed by atoms with van der Waals surface area (Å²) in [6.07, 6.45) is 0. The van der Waals surface area contributed by atoms with Crippen molar-refractivity contribution in [1.82, 2.24) is 10.3 Å². The summed E-state index contributed by atoms with van der Waals surface area (Å²) in [5.74, 6) is -0.111. The van der Waals surface area contributed by atoms with E-state index in [4.69, 9.17) is 16.6 Å². The van der Waals surface area contributed by atoms with Crippen LogP contribution in [0, 0.1) is 6.92 Å². The second-order valence-electron chi connectivity index (χ2n) is 7.23. The summed E-state index contributed by atoms with van der Waals surface area (Å²) in [7, 11) is 0. The molecule has 5 rings (SSSR count). The first kappa shape index (κ1) is 20.2. The molecule has 5 aromatic rings. The second-order valence-corrected chi connectivity index (χ2v) is 8.67. The zero-order valence-electron chi connectivity index (χ0n) is 16.9. The van der Waals surface area contributed by atoms with E-state index in [1.807, 2.05) is 42.5 Å². The van der Waals surface area contributed by atoms with Crippen LogP contribution in [-0.2, 0) is 0 Å². The van der Waals surface area contributed by atoms with Crippen LogP contribution in [0.15, 0.2) is 71.1 Å². The van der Waals surface area contributed by atoms with Crippen LogP contribution in [0.4, 0.5) is 5.69 Å². The molecule has 8 heteroatoms. The number of carbonyl (C=O) groups excluding carboxylic acids is 1. The molecule has 32 heavy (non-hydrogen) atoms. The molecule has 0 saturated carbocycles. The normalized spacial score (nSPS) is 11.0. The van der Waals surface area contributed by atoms with Crippen LogP contribution < -0.4 is 10.6 Å². The molecular formula is C24H17N3O3S2. The van der Waals surface area contributed by atoms with Crippen LogP contribution in [-0.4, -0.2) is 21.1 Å².